The summed E-state index contributed by atoms with van der Waals surface area (Å²) in [5, 5.41) is 18.7. The Bertz CT molecular complexity index is 243. The van der Waals surface area contributed by atoms with Gasteiger partial charge in [0.2, 0.25) is 0 Å². The lowest BCUT2D eigenvalue weighted by Crippen LogP contribution is -2.14. The number of aliphatic hydroxyl groups is 2. The van der Waals surface area contributed by atoms with Crippen LogP contribution in [-0.2, 0) is 0 Å². The molecule has 0 bridgehead atoms. The lowest BCUT2D eigenvalue weighted by Gasteiger charge is -2.13. The Labute approximate surface area is 71.8 Å². The summed E-state index contributed by atoms with van der Waals surface area (Å²) in [5.74, 6) is 0. The fourth-order valence-corrected chi connectivity index (χ4v) is 0.976. The minimum atomic E-state index is -0.896. The molecule has 0 aromatic heterocycles. The predicted octanol–water partition coefficient (Wildman–Crippen LogP) is 1.27. The Hall–Kier alpha value is -1.12. The lowest BCUT2D eigenvalue weighted by atomic mass is 10.1. The van der Waals surface area contributed by atoms with Crippen molar-refractivity contribution in [3.8, 4) is 0 Å². The molecule has 2 atom stereocenters. The molecule has 2 nitrogen and oxygen atoms in total. The van der Waals surface area contributed by atoms with Crippen molar-refractivity contribution in [1.82, 2.24) is 0 Å². The molecule has 12 heavy (non-hydrogen) atoms. The van der Waals surface area contributed by atoms with Gasteiger partial charge in [0.25, 0.3) is 0 Å². The number of hydrogen-bond acceptors (Lipinski definition) is 2. The summed E-state index contributed by atoms with van der Waals surface area (Å²) in [6, 6.07) is 9.01. The van der Waals surface area contributed by atoms with Gasteiger partial charge < -0.3 is 10.2 Å². The molecule has 0 saturated carbocycles. The van der Waals surface area contributed by atoms with E-state index in [1.807, 2.05) is 18.2 Å². The van der Waals surface area contributed by atoms with Crippen molar-refractivity contribution in [3.63, 3.8) is 0 Å². The molecule has 0 aliphatic heterocycles. The second kappa shape index (κ2) is 4.04. The second-order valence-electron chi connectivity index (χ2n) is 2.58. The highest BCUT2D eigenvalue weighted by Gasteiger charge is 2.13. The zero-order chi connectivity index (χ0) is 8.97. The van der Waals surface area contributed by atoms with Crippen molar-refractivity contribution in [2.45, 2.75) is 12.2 Å². The van der Waals surface area contributed by atoms with E-state index >= 15 is 0 Å². The summed E-state index contributed by atoms with van der Waals surface area (Å²) in [4.78, 5) is 0. The van der Waals surface area contributed by atoms with Crippen molar-refractivity contribution in [1.29, 1.82) is 0 Å². The maximum absolute atomic E-state index is 9.47. The van der Waals surface area contributed by atoms with Crippen LogP contribution in [0.2, 0.25) is 0 Å². The fraction of sp³-hybridized carbons (Fsp3) is 0.200. The average Bonchev–Trinajstić information content (AvgIpc) is 2.17. The minimum Gasteiger partial charge on any atom is -0.386 e. The molecular weight excluding hydrogens is 152 g/mol. The van der Waals surface area contributed by atoms with E-state index < -0.39 is 12.2 Å². The smallest absolute Gasteiger partial charge is 0.108 e. The van der Waals surface area contributed by atoms with Gasteiger partial charge in [-0.05, 0) is 5.56 Å². The molecule has 0 saturated heterocycles. The first-order chi connectivity index (χ1) is 5.75. The standard InChI is InChI=1S/C10H12O2/c1-2-9(11)10(12)8-6-4-3-5-7-8/h2-7,9-12H,1H2. The van der Waals surface area contributed by atoms with Crippen LogP contribution in [0.25, 0.3) is 0 Å². The number of benzene rings is 1. The third kappa shape index (κ3) is 1.94. The molecule has 1 rings (SSSR count). The Morgan fingerprint density at radius 1 is 1.17 bits per heavy atom. The predicted molar refractivity (Wildman–Crippen MR) is 47.6 cm³/mol. The SMILES string of the molecule is C=CC(O)C(O)c1ccccc1. The molecule has 2 N–H and O–H groups in total. The van der Waals surface area contributed by atoms with Crippen LogP contribution in [0.15, 0.2) is 43.0 Å². The van der Waals surface area contributed by atoms with Crippen LogP contribution in [0.5, 0.6) is 0 Å². The molecule has 1 aromatic carbocycles. The third-order valence-electron chi connectivity index (χ3n) is 1.71. The number of aliphatic hydroxyl groups excluding tert-OH is 2. The lowest BCUT2D eigenvalue weighted by molar-refractivity contribution is 0.0485. The molecular formula is C10H12O2. The van der Waals surface area contributed by atoms with Crippen LogP contribution in [0, 0.1) is 0 Å². The Balaban J connectivity index is 2.78. The van der Waals surface area contributed by atoms with Gasteiger partial charge in [-0.2, -0.15) is 0 Å². The monoisotopic (exact) mass is 164 g/mol. The molecule has 0 aliphatic rings. The van der Waals surface area contributed by atoms with Gasteiger partial charge in [0.15, 0.2) is 0 Å². The molecule has 2 heteroatoms. The summed E-state index contributed by atoms with van der Waals surface area (Å²) in [7, 11) is 0. The maximum atomic E-state index is 9.47. The minimum absolute atomic E-state index is 0.699. The zero-order valence-corrected chi connectivity index (χ0v) is 6.72. The van der Waals surface area contributed by atoms with Gasteiger partial charge >= 0.3 is 0 Å². The van der Waals surface area contributed by atoms with E-state index in [1.165, 1.54) is 6.08 Å². The summed E-state index contributed by atoms with van der Waals surface area (Å²) in [6.07, 6.45) is -0.450. The van der Waals surface area contributed by atoms with Crippen LogP contribution in [0.3, 0.4) is 0 Å². The molecule has 0 amide bonds. The molecule has 0 spiro atoms. The van der Waals surface area contributed by atoms with Crippen LogP contribution in [-0.4, -0.2) is 16.3 Å². The van der Waals surface area contributed by atoms with Gasteiger partial charge in [0.05, 0.1) is 0 Å². The highest BCUT2D eigenvalue weighted by atomic mass is 16.3. The van der Waals surface area contributed by atoms with Crippen molar-refractivity contribution >= 4 is 0 Å². The van der Waals surface area contributed by atoms with Crippen molar-refractivity contribution in [3.05, 3.63) is 48.6 Å². The van der Waals surface area contributed by atoms with E-state index in [4.69, 9.17) is 0 Å². The van der Waals surface area contributed by atoms with Crippen LogP contribution in [0.1, 0.15) is 11.7 Å². The number of hydrogen-bond donors (Lipinski definition) is 2. The molecule has 1 aromatic rings. The van der Waals surface area contributed by atoms with Crippen LogP contribution >= 0.6 is 0 Å². The first kappa shape index (κ1) is 8.97. The van der Waals surface area contributed by atoms with E-state index in [2.05, 4.69) is 6.58 Å². The van der Waals surface area contributed by atoms with Crippen molar-refractivity contribution in [2.75, 3.05) is 0 Å². The topological polar surface area (TPSA) is 40.5 Å². The number of rotatable bonds is 3. The second-order valence-corrected chi connectivity index (χ2v) is 2.58. The van der Waals surface area contributed by atoms with Gasteiger partial charge in [-0.3, -0.25) is 0 Å². The molecule has 2 unspecified atom stereocenters. The van der Waals surface area contributed by atoms with Crippen molar-refractivity contribution in [2.24, 2.45) is 0 Å². The molecule has 0 radical (unpaired) electrons. The van der Waals surface area contributed by atoms with E-state index in [1.54, 1.807) is 12.1 Å². The largest absolute Gasteiger partial charge is 0.386 e. The molecule has 0 heterocycles. The molecule has 0 fully saturated rings. The average molecular weight is 164 g/mol. The Kier molecular flexibility index (Phi) is 3.02. The maximum Gasteiger partial charge on any atom is 0.108 e. The fourth-order valence-electron chi connectivity index (χ4n) is 0.976. The van der Waals surface area contributed by atoms with Gasteiger partial charge in [0.1, 0.15) is 12.2 Å². The van der Waals surface area contributed by atoms with Gasteiger partial charge in [-0.1, -0.05) is 36.4 Å². The van der Waals surface area contributed by atoms with Gasteiger partial charge in [0, 0.05) is 0 Å². The van der Waals surface area contributed by atoms with E-state index in [9.17, 15) is 10.2 Å². The van der Waals surface area contributed by atoms with E-state index in [-0.39, 0.29) is 0 Å². The Morgan fingerprint density at radius 3 is 2.25 bits per heavy atom. The summed E-state index contributed by atoms with van der Waals surface area (Å²) in [5.41, 5.74) is 0.699. The van der Waals surface area contributed by atoms with Gasteiger partial charge in [-0.25, -0.2) is 0 Å². The van der Waals surface area contributed by atoms with E-state index in [0.717, 1.165) is 0 Å². The summed E-state index contributed by atoms with van der Waals surface area (Å²) < 4.78 is 0. The highest BCUT2D eigenvalue weighted by molar-refractivity contribution is 5.19. The summed E-state index contributed by atoms with van der Waals surface area (Å²) in [6.45, 7) is 3.40. The highest BCUT2D eigenvalue weighted by Crippen LogP contribution is 2.16. The first-order valence-corrected chi connectivity index (χ1v) is 3.79. The van der Waals surface area contributed by atoms with E-state index in [0.29, 0.717) is 5.56 Å². The van der Waals surface area contributed by atoms with Gasteiger partial charge in [-0.15, -0.1) is 6.58 Å². The van der Waals surface area contributed by atoms with Crippen molar-refractivity contribution < 1.29 is 10.2 Å². The van der Waals surface area contributed by atoms with Crippen LogP contribution in [0.4, 0.5) is 0 Å². The third-order valence-corrected chi connectivity index (χ3v) is 1.71. The quantitative estimate of drug-likeness (QED) is 0.660. The molecule has 64 valence electrons. The van der Waals surface area contributed by atoms with Crippen LogP contribution < -0.4 is 0 Å². The molecule has 0 aliphatic carbocycles. The normalized spacial score (nSPS) is 15.2. The zero-order valence-electron chi connectivity index (χ0n) is 6.72. The Morgan fingerprint density at radius 2 is 1.75 bits per heavy atom. The summed E-state index contributed by atoms with van der Waals surface area (Å²) >= 11 is 0. The first-order valence-electron chi connectivity index (χ1n) is 3.79.